The van der Waals surface area contributed by atoms with Crippen molar-refractivity contribution in [1.82, 2.24) is 10.6 Å². The van der Waals surface area contributed by atoms with E-state index in [0.29, 0.717) is 11.4 Å². The largest absolute Gasteiger partial charge is 0.495 e. The fourth-order valence-electron chi connectivity index (χ4n) is 2.56. The molecule has 12 nitrogen and oxygen atoms in total. The van der Waals surface area contributed by atoms with E-state index in [1.54, 1.807) is 12.1 Å². The number of amides is 3. The second-order valence-electron chi connectivity index (χ2n) is 6.68. The summed E-state index contributed by atoms with van der Waals surface area (Å²) in [4.78, 5) is 57.6. The van der Waals surface area contributed by atoms with Crippen LogP contribution in [0, 0.1) is 17.0 Å². The molecule has 2 aromatic carbocycles. The zero-order chi connectivity index (χ0) is 24.4. The Labute approximate surface area is 188 Å². The van der Waals surface area contributed by atoms with Crippen LogP contribution in [0.15, 0.2) is 42.5 Å². The Morgan fingerprint density at radius 2 is 1.76 bits per heavy atom. The maximum Gasteiger partial charge on any atom is 0.325 e. The van der Waals surface area contributed by atoms with E-state index in [-0.39, 0.29) is 17.8 Å². The van der Waals surface area contributed by atoms with Gasteiger partial charge in [-0.1, -0.05) is 12.1 Å². The van der Waals surface area contributed by atoms with Crippen molar-refractivity contribution in [3.05, 3.63) is 63.7 Å². The van der Waals surface area contributed by atoms with Gasteiger partial charge in [-0.3, -0.25) is 29.3 Å². The fourth-order valence-corrected chi connectivity index (χ4v) is 2.56. The van der Waals surface area contributed by atoms with Crippen LogP contribution in [-0.4, -0.2) is 55.4 Å². The molecule has 0 aromatic heterocycles. The zero-order valence-electron chi connectivity index (χ0n) is 17.9. The number of ether oxygens (including phenoxy) is 2. The molecular formula is C21H22N4O8. The number of nitro benzene ring substituents is 1. The van der Waals surface area contributed by atoms with Gasteiger partial charge in [0, 0.05) is 17.7 Å². The first-order valence-electron chi connectivity index (χ1n) is 9.59. The van der Waals surface area contributed by atoms with Crippen LogP contribution in [0.1, 0.15) is 15.9 Å². The molecule has 0 saturated heterocycles. The maximum atomic E-state index is 12.0. The minimum atomic E-state index is -0.905. The number of non-ortho nitro benzene ring substituents is 1. The maximum absolute atomic E-state index is 12.0. The van der Waals surface area contributed by atoms with Crippen LogP contribution in [0.3, 0.4) is 0 Å². The zero-order valence-corrected chi connectivity index (χ0v) is 17.9. The van der Waals surface area contributed by atoms with Crippen molar-refractivity contribution in [2.45, 2.75) is 6.92 Å². The van der Waals surface area contributed by atoms with Gasteiger partial charge in [-0.05, 0) is 30.7 Å². The number of anilines is 1. The number of esters is 1. The van der Waals surface area contributed by atoms with Crippen LogP contribution in [-0.2, 0) is 19.1 Å². The molecule has 12 heteroatoms. The first-order chi connectivity index (χ1) is 15.7. The molecule has 0 unspecified atom stereocenters. The molecule has 0 atom stereocenters. The molecule has 2 rings (SSSR count). The number of aryl methyl sites for hydroxylation is 1. The van der Waals surface area contributed by atoms with Gasteiger partial charge in [0.25, 0.3) is 17.5 Å². The van der Waals surface area contributed by atoms with Gasteiger partial charge in [0.2, 0.25) is 5.91 Å². The quantitative estimate of drug-likeness (QED) is 0.269. The lowest BCUT2D eigenvalue weighted by Crippen LogP contribution is -2.37. The number of nitrogens with one attached hydrogen (secondary N) is 3. The molecule has 0 bridgehead atoms. The lowest BCUT2D eigenvalue weighted by molar-refractivity contribution is -0.384. The highest BCUT2D eigenvalue weighted by molar-refractivity contribution is 5.97. The number of benzene rings is 2. The first kappa shape index (κ1) is 24.8. The summed E-state index contributed by atoms with van der Waals surface area (Å²) in [5, 5.41) is 17.9. The summed E-state index contributed by atoms with van der Waals surface area (Å²) in [6.45, 7) is 0.267. The number of hydrogen-bond acceptors (Lipinski definition) is 8. The van der Waals surface area contributed by atoms with Crippen LogP contribution in [0.2, 0.25) is 0 Å². The van der Waals surface area contributed by atoms with Crippen LogP contribution < -0.4 is 20.7 Å². The molecule has 174 valence electrons. The molecule has 0 fully saturated rings. The Kier molecular flexibility index (Phi) is 8.85. The number of hydrogen-bond donors (Lipinski definition) is 3. The Morgan fingerprint density at radius 1 is 1.00 bits per heavy atom. The molecule has 3 amide bonds. The van der Waals surface area contributed by atoms with E-state index in [0.717, 1.165) is 11.6 Å². The van der Waals surface area contributed by atoms with E-state index in [1.807, 2.05) is 13.0 Å². The monoisotopic (exact) mass is 458 g/mol. The van der Waals surface area contributed by atoms with Crippen molar-refractivity contribution in [2.24, 2.45) is 0 Å². The second kappa shape index (κ2) is 11.8. The highest BCUT2D eigenvalue weighted by Gasteiger charge is 2.14. The van der Waals surface area contributed by atoms with Crippen molar-refractivity contribution in [1.29, 1.82) is 0 Å². The third-order valence-electron chi connectivity index (χ3n) is 4.15. The normalized spacial score (nSPS) is 10.0. The third-order valence-corrected chi connectivity index (χ3v) is 4.15. The number of methoxy groups -OCH3 is 1. The van der Waals surface area contributed by atoms with E-state index in [4.69, 9.17) is 9.47 Å². The highest BCUT2D eigenvalue weighted by atomic mass is 16.6. The molecule has 0 saturated carbocycles. The topological polar surface area (TPSA) is 166 Å². The molecule has 3 N–H and O–H groups in total. The first-order valence-corrected chi connectivity index (χ1v) is 9.59. The van der Waals surface area contributed by atoms with Crippen LogP contribution in [0.5, 0.6) is 5.75 Å². The SMILES string of the molecule is COc1ccc(C)cc1NC(=O)CNC(=O)COC(=O)CNC(=O)c1cccc([N+](=O)[O-])c1. The van der Waals surface area contributed by atoms with E-state index in [1.165, 1.54) is 25.3 Å². The predicted molar refractivity (Wildman–Crippen MR) is 116 cm³/mol. The average molecular weight is 458 g/mol. The van der Waals surface area contributed by atoms with E-state index < -0.39 is 41.8 Å². The molecular weight excluding hydrogens is 436 g/mol. The number of nitro groups is 1. The summed E-state index contributed by atoms with van der Waals surface area (Å²) in [6.07, 6.45) is 0. The smallest absolute Gasteiger partial charge is 0.325 e. The number of rotatable bonds is 10. The molecule has 0 heterocycles. The summed E-state index contributed by atoms with van der Waals surface area (Å²) in [6, 6.07) is 10.2. The van der Waals surface area contributed by atoms with E-state index in [2.05, 4.69) is 16.0 Å². The van der Waals surface area contributed by atoms with Crippen LogP contribution in [0.4, 0.5) is 11.4 Å². The number of carbonyl (C=O) groups is 4. The van der Waals surface area contributed by atoms with Gasteiger partial charge >= 0.3 is 5.97 Å². The Hall–Kier alpha value is -4.48. The van der Waals surface area contributed by atoms with E-state index in [9.17, 15) is 29.3 Å². The predicted octanol–water partition coefficient (Wildman–Crippen LogP) is 0.940. The molecule has 0 aliphatic rings. The van der Waals surface area contributed by atoms with Crippen LogP contribution >= 0.6 is 0 Å². The summed E-state index contributed by atoms with van der Waals surface area (Å²) in [5.41, 5.74) is 1.07. The molecule has 0 spiro atoms. The van der Waals surface area contributed by atoms with Crippen molar-refractivity contribution >= 4 is 35.1 Å². The molecule has 33 heavy (non-hydrogen) atoms. The molecule has 0 radical (unpaired) electrons. The van der Waals surface area contributed by atoms with Gasteiger partial charge in [-0.2, -0.15) is 0 Å². The van der Waals surface area contributed by atoms with E-state index >= 15 is 0 Å². The van der Waals surface area contributed by atoms with Crippen molar-refractivity contribution in [2.75, 3.05) is 32.1 Å². The van der Waals surface area contributed by atoms with Gasteiger partial charge in [-0.15, -0.1) is 0 Å². The minimum absolute atomic E-state index is 0.00834. The van der Waals surface area contributed by atoms with Gasteiger partial charge in [-0.25, -0.2) is 0 Å². The van der Waals surface area contributed by atoms with Crippen molar-refractivity contribution < 1.29 is 33.6 Å². The van der Waals surface area contributed by atoms with Gasteiger partial charge in [0.05, 0.1) is 24.3 Å². The summed E-state index contributed by atoms with van der Waals surface area (Å²) >= 11 is 0. The Morgan fingerprint density at radius 3 is 2.45 bits per heavy atom. The molecule has 0 aliphatic carbocycles. The Balaban J connectivity index is 1.71. The number of nitrogens with zero attached hydrogens (tertiary/aromatic N) is 1. The van der Waals surface area contributed by atoms with Crippen molar-refractivity contribution in [3.8, 4) is 5.75 Å². The number of carbonyl (C=O) groups excluding carboxylic acids is 4. The standard InChI is InChI=1S/C21H22N4O8/c1-13-6-7-17(32-2)16(8-13)24-18(26)10-22-19(27)12-33-20(28)11-23-21(29)14-4-3-5-15(9-14)25(30)31/h3-9H,10-12H2,1-2H3,(H,22,27)(H,23,29)(H,24,26). The minimum Gasteiger partial charge on any atom is -0.495 e. The fraction of sp³-hybridized carbons (Fsp3) is 0.238. The summed E-state index contributed by atoms with van der Waals surface area (Å²) in [7, 11) is 1.46. The second-order valence-corrected chi connectivity index (χ2v) is 6.68. The van der Waals surface area contributed by atoms with Gasteiger partial charge in [0.15, 0.2) is 6.61 Å². The van der Waals surface area contributed by atoms with Gasteiger partial charge < -0.3 is 25.4 Å². The third kappa shape index (κ3) is 7.94. The van der Waals surface area contributed by atoms with Gasteiger partial charge in [0.1, 0.15) is 12.3 Å². The highest BCUT2D eigenvalue weighted by Crippen LogP contribution is 2.24. The molecule has 0 aliphatic heterocycles. The van der Waals surface area contributed by atoms with Crippen molar-refractivity contribution in [3.63, 3.8) is 0 Å². The lowest BCUT2D eigenvalue weighted by Gasteiger charge is -2.11. The molecule has 2 aromatic rings. The lowest BCUT2D eigenvalue weighted by atomic mass is 10.2. The summed E-state index contributed by atoms with van der Waals surface area (Å²) < 4.78 is 9.89. The van der Waals surface area contributed by atoms with Crippen LogP contribution in [0.25, 0.3) is 0 Å². The Bertz CT molecular complexity index is 1070. The summed E-state index contributed by atoms with van der Waals surface area (Å²) in [5.74, 6) is -2.40. The average Bonchev–Trinajstić information content (AvgIpc) is 2.80.